The SMILES string of the molecule is CC(=O)O[C@@]12CO[C@@H]1C[C@H](OC(=O)CC(Cl)(Cl)Cl)[C@@]1(C)C(=O)[C@H](OC(=O)CC(Cl)(Cl)Cl)C3=C(C)[C@@H](O)C[C@@](O)([C@@H](OC(=O)c4ccccc4)[C@H]21)C3(C)C. The van der Waals surface area contributed by atoms with E-state index in [0.29, 0.717) is 0 Å². The summed E-state index contributed by atoms with van der Waals surface area (Å²) in [5.41, 5.74) is -7.77. The van der Waals surface area contributed by atoms with Crippen LogP contribution in [-0.2, 0) is 42.9 Å². The molecule has 3 aliphatic carbocycles. The molecule has 1 aliphatic heterocycles. The highest BCUT2D eigenvalue weighted by molar-refractivity contribution is 6.68. The Labute approximate surface area is 335 Å². The summed E-state index contributed by atoms with van der Waals surface area (Å²) in [5, 5.41) is 24.8. The van der Waals surface area contributed by atoms with E-state index in [1.54, 1.807) is 18.2 Å². The molecule has 2 N–H and O–H groups in total. The van der Waals surface area contributed by atoms with E-state index in [9.17, 15) is 29.4 Å². The smallest absolute Gasteiger partial charge is 0.338 e. The van der Waals surface area contributed by atoms with Gasteiger partial charge in [-0.3, -0.25) is 19.2 Å². The number of Topliss-reactive ketones (excluding diaryl/α,β-unsaturated/α-hetero) is 1. The van der Waals surface area contributed by atoms with Crippen molar-refractivity contribution in [3.8, 4) is 0 Å². The molecule has 9 atom stereocenters. The van der Waals surface area contributed by atoms with Gasteiger partial charge in [0.2, 0.25) is 7.59 Å². The summed E-state index contributed by atoms with van der Waals surface area (Å²) in [4.78, 5) is 69.4. The van der Waals surface area contributed by atoms with Crippen LogP contribution < -0.4 is 0 Å². The molecule has 5 rings (SSSR count). The predicted octanol–water partition coefficient (Wildman–Crippen LogP) is 5.70. The van der Waals surface area contributed by atoms with E-state index in [1.165, 1.54) is 39.8 Å². The summed E-state index contributed by atoms with van der Waals surface area (Å²) >= 11 is 35.5. The normalized spacial score (nSPS) is 35.0. The molecule has 1 heterocycles. The van der Waals surface area contributed by atoms with Gasteiger partial charge in [-0.25, -0.2) is 4.79 Å². The molecule has 12 nitrogen and oxygen atoms in total. The van der Waals surface area contributed by atoms with Crippen LogP contribution in [0.15, 0.2) is 41.5 Å². The van der Waals surface area contributed by atoms with Crippen molar-refractivity contribution in [1.29, 1.82) is 0 Å². The van der Waals surface area contributed by atoms with Crippen molar-refractivity contribution in [1.82, 2.24) is 0 Å². The Morgan fingerprint density at radius 2 is 1.49 bits per heavy atom. The van der Waals surface area contributed by atoms with E-state index in [0.717, 1.165) is 6.92 Å². The fourth-order valence-corrected chi connectivity index (χ4v) is 9.24. The van der Waals surface area contributed by atoms with E-state index in [4.69, 9.17) is 93.3 Å². The van der Waals surface area contributed by atoms with E-state index in [2.05, 4.69) is 0 Å². The number of rotatable bonds is 7. The molecule has 0 amide bonds. The molecule has 1 saturated heterocycles. The molecule has 18 heteroatoms. The first-order valence-electron chi connectivity index (χ1n) is 16.5. The number of hydrogen-bond donors (Lipinski definition) is 2. The van der Waals surface area contributed by atoms with Gasteiger partial charge in [0.05, 0.1) is 42.4 Å². The second kappa shape index (κ2) is 14.6. The third-order valence-electron chi connectivity index (χ3n) is 11.1. The van der Waals surface area contributed by atoms with Crippen molar-refractivity contribution in [2.45, 2.75) is 110 Å². The zero-order valence-corrected chi connectivity index (χ0v) is 33.7. The summed E-state index contributed by atoms with van der Waals surface area (Å²) in [6, 6.07) is 7.78. The van der Waals surface area contributed by atoms with E-state index < -0.39 is 115 Å². The van der Waals surface area contributed by atoms with Crippen molar-refractivity contribution < 1.29 is 57.9 Å². The third-order valence-corrected chi connectivity index (χ3v) is 11.9. The molecule has 2 bridgehead atoms. The van der Waals surface area contributed by atoms with Crippen LogP contribution in [0.25, 0.3) is 0 Å². The molecule has 53 heavy (non-hydrogen) atoms. The molecule has 2 saturated carbocycles. The van der Waals surface area contributed by atoms with Gasteiger partial charge in [0.1, 0.15) is 23.9 Å². The lowest BCUT2D eigenvalue weighted by Crippen LogP contribution is -2.82. The quantitative estimate of drug-likeness (QED) is 0.149. The zero-order chi connectivity index (χ0) is 39.7. The van der Waals surface area contributed by atoms with Crippen LogP contribution in [0.5, 0.6) is 0 Å². The van der Waals surface area contributed by atoms with Gasteiger partial charge in [-0.2, -0.15) is 0 Å². The second-order valence-corrected chi connectivity index (χ2v) is 19.7. The van der Waals surface area contributed by atoms with Crippen LogP contribution in [0.2, 0.25) is 0 Å². The van der Waals surface area contributed by atoms with Crippen molar-refractivity contribution in [2.24, 2.45) is 16.7 Å². The fraction of sp³-hybridized carbons (Fsp3) is 0.629. The van der Waals surface area contributed by atoms with Gasteiger partial charge >= 0.3 is 23.9 Å². The van der Waals surface area contributed by atoms with Gasteiger partial charge < -0.3 is 33.9 Å². The van der Waals surface area contributed by atoms with Gasteiger partial charge in [0, 0.05) is 25.2 Å². The van der Waals surface area contributed by atoms with E-state index >= 15 is 4.79 Å². The predicted molar refractivity (Wildman–Crippen MR) is 193 cm³/mol. The molecule has 0 unspecified atom stereocenters. The minimum absolute atomic E-state index is 0.0401. The molecule has 3 fully saturated rings. The van der Waals surface area contributed by atoms with E-state index in [1.807, 2.05) is 0 Å². The average Bonchev–Trinajstić information content (AvgIpc) is 3.00. The standard InChI is InChI=1S/C35H38Cl6O12/c1-16-19(43)12-33(48)28(52-29(47)18-9-7-6-8-10-18)26-31(5,27(46)25(24(16)30(33,3)4)51-23(45)14-35(39,40)41)20(50-22(44)13-34(36,37)38)11-21-32(26,15-49-21)53-17(2)42/h6-10,19-21,25-26,28,43,48H,11-15H2,1-5H3/t19-,20-,21+,25+,26-,28-,31+,32-,33+/m0/s1. The monoisotopic (exact) mass is 860 g/mol. The first-order valence-corrected chi connectivity index (χ1v) is 18.8. The maximum absolute atomic E-state index is 15.6. The van der Waals surface area contributed by atoms with Gasteiger partial charge in [0.25, 0.3) is 0 Å². The summed E-state index contributed by atoms with van der Waals surface area (Å²) in [6.07, 6.45) is -10.2. The van der Waals surface area contributed by atoms with Crippen molar-refractivity contribution in [3.63, 3.8) is 0 Å². The molecule has 0 radical (unpaired) electrons. The van der Waals surface area contributed by atoms with Crippen LogP contribution in [-0.4, -0.2) is 95.8 Å². The highest BCUT2D eigenvalue weighted by Crippen LogP contribution is 2.65. The third kappa shape index (κ3) is 7.66. The Balaban J connectivity index is 1.84. The molecule has 1 aromatic carbocycles. The number of halogens is 6. The number of hydrogen-bond acceptors (Lipinski definition) is 12. The van der Waals surface area contributed by atoms with Gasteiger partial charge in [-0.1, -0.05) is 102 Å². The minimum Gasteiger partial charge on any atom is -0.461 e. The largest absolute Gasteiger partial charge is 0.461 e. The number of alkyl halides is 6. The van der Waals surface area contributed by atoms with Crippen molar-refractivity contribution in [3.05, 3.63) is 47.0 Å². The molecular weight excluding hydrogens is 825 g/mol. The van der Waals surface area contributed by atoms with Gasteiger partial charge in [0.15, 0.2) is 17.5 Å². The average molecular weight is 863 g/mol. The van der Waals surface area contributed by atoms with Gasteiger partial charge in [-0.05, 0) is 37.1 Å². The number of carbonyl (C=O) groups is 5. The number of esters is 4. The molecule has 0 spiro atoms. The number of ether oxygens (including phenoxy) is 5. The molecule has 4 aliphatic rings. The number of aliphatic hydroxyl groups excluding tert-OH is 1. The zero-order valence-electron chi connectivity index (χ0n) is 29.1. The van der Waals surface area contributed by atoms with Gasteiger partial charge in [-0.15, -0.1) is 0 Å². The van der Waals surface area contributed by atoms with Crippen LogP contribution in [0.1, 0.15) is 70.7 Å². The first kappa shape index (κ1) is 42.3. The Morgan fingerprint density at radius 1 is 0.925 bits per heavy atom. The lowest BCUT2D eigenvalue weighted by Gasteiger charge is -2.67. The summed E-state index contributed by atoms with van der Waals surface area (Å²) in [7, 11) is 0. The molecule has 292 valence electrons. The Morgan fingerprint density at radius 3 is 2.00 bits per heavy atom. The van der Waals surface area contributed by atoms with E-state index in [-0.39, 0.29) is 29.7 Å². The lowest BCUT2D eigenvalue weighted by atomic mass is 9.44. The maximum atomic E-state index is 15.6. The minimum atomic E-state index is -2.32. The van der Waals surface area contributed by atoms with Crippen LogP contribution in [0, 0.1) is 16.7 Å². The molecule has 0 aromatic heterocycles. The summed E-state index contributed by atoms with van der Waals surface area (Å²) < 4.78 is 25.7. The highest BCUT2D eigenvalue weighted by Gasteiger charge is 2.79. The molecule has 1 aromatic rings. The number of benzene rings is 1. The first-order chi connectivity index (χ1) is 24.3. The topological polar surface area (TPSA) is 172 Å². The summed E-state index contributed by atoms with van der Waals surface area (Å²) in [5.74, 6) is -6.50. The Hall–Kier alpha value is -1.87. The number of fused-ring (bicyclic) bond motifs is 5. The number of aliphatic hydroxyl groups is 2. The van der Waals surface area contributed by atoms with Crippen molar-refractivity contribution in [2.75, 3.05) is 6.61 Å². The lowest BCUT2D eigenvalue weighted by molar-refractivity contribution is -0.346. The van der Waals surface area contributed by atoms with Crippen LogP contribution >= 0.6 is 69.6 Å². The molecular formula is C35H38Cl6O12. The summed E-state index contributed by atoms with van der Waals surface area (Å²) in [6.45, 7) is 6.68. The maximum Gasteiger partial charge on any atom is 0.338 e. The Bertz CT molecular complexity index is 1710. The van der Waals surface area contributed by atoms with Crippen LogP contribution in [0.3, 0.4) is 0 Å². The number of ketones is 1. The van der Waals surface area contributed by atoms with Crippen LogP contribution in [0.4, 0.5) is 0 Å². The Kier molecular flexibility index (Phi) is 11.6. The second-order valence-electron chi connectivity index (χ2n) is 14.7. The fourth-order valence-electron chi connectivity index (χ4n) is 8.59. The number of carbonyl (C=O) groups excluding carboxylic acids is 5. The highest BCUT2D eigenvalue weighted by atomic mass is 35.6. The van der Waals surface area contributed by atoms with Crippen molar-refractivity contribution >= 4 is 99.3 Å².